The summed E-state index contributed by atoms with van der Waals surface area (Å²) in [5.41, 5.74) is 1.93. The molecule has 2 aromatic carbocycles. The number of carbonyl (C=O) groups excluding carboxylic acids is 2. The summed E-state index contributed by atoms with van der Waals surface area (Å²) < 4.78 is 17.3. The van der Waals surface area contributed by atoms with Crippen molar-refractivity contribution in [2.24, 2.45) is 0 Å². The van der Waals surface area contributed by atoms with E-state index in [0.29, 0.717) is 13.0 Å². The standard InChI is InChI=1S/C32H47I2N5O6/c1-3-38(34-17-16-28(2)39(42)43)22-11-20-36(24-31(40)44-26-29-12-6-4-7-13-29)23-19-35-18-10-21-37(33)25-32(41)45-27-30-14-8-5-9-15-30/h4-9,12-15,17,28,35H,3,10-11,16,18-27H2,1-2H3. The summed E-state index contributed by atoms with van der Waals surface area (Å²) in [4.78, 5) is 37.6. The fourth-order valence-corrected chi connectivity index (χ4v) is 7.22. The van der Waals surface area contributed by atoms with Gasteiger partial charge in [-0.05, 0) is 55.5 Å². The van der Waals surface area contributed by atoms with E-state index in [0.717, 1.165) is 63.2 Å². The summed E-state index contributed by atoms with van der Waals surface area (Å²) in [5.74, 6) is -0.496. The van der Waals surface area contributed by atoms with Gasteiger partial charge in [0.15, 0.2) is 0 Å². The third kappa shape index (κ3) is 19.3. The molecule has 0 bridgehead atoms. The highest BCUT2D eigenvalue weighted by atomic mass is 127. The highest BCUT2D eigenvalue weighted by molar-refractivity contribution is 14.2. The van der Waals surface area contributed by atoms with Gasteiger partial charge in [-0.25, -0.2) is 3.11 Å². The number of rotatable bonds is 24. The molecule has 0 fully saturated rings. The fourth-order valence-electron chi connectivity index (χ4n) is 4.07. The molecule has 45 heavy (non-hydrogen) atoms. The highest BCUT2D eigenvalue weighted by Crippen LogP contribution is 2.10. The molecule has 2 rings (SSSR count). The van der Waals surface area contributed by atoms with Gasteiger partial charge in [0, 0.05) is 80.4 Å². The lowest BCUT2D eigenvalue weighted by molar-refractivity contribution is -0.515. The molecule has 0 saturated heterocycles. The van der Waals surface area contributed by atoms with Gasteiger partial charge in [0.05, 0.1) is 6.54 Å². The Balaban J connectivity index is 1.72. The predicted molar refractivity (Wildman–Crippen MR) is 195 cm³/mol. The van der Waals surface area contributed by atoms with Crippen LogP contribution in [-0.2, 0) is 32.3 Å². The van der Waals surface area contributed by atoms with Crippen LogP contribution in [0.25, 0.3) is 0 Å². The molecule has 1 N–H and O–H groups in total. The Morgan fingerprint density at radius 3 is 2.09 bits per heavy atom. The van der Waals surface area contributed by atoms with E-state index < -0.39 is 6.04 Å². The van der Waals surface area contributed by atoms with Gasteiger partial charge < -0.3 is 14.8 Å². The molecule has 1 unspecified atom stereocenters. The summed E-state index contributed by atoms with van der Waals surface area (Å²) in [6, 6.07) is 18.7. The van der Waals surface area contributed by atoms with E-state index in [2.05, 4.69) is 47.1 Å². The molecule has 0 aliphatic rings. The van der Waals surface area contributed by atoms with Crippen LogP contribution in [0.15, 0.2) is 60.7 Å². The quantitative estimate of drug-likeness (QED) is 0.0392. The molecule has 0 amide bonds. The molecule has 2 aromatic rings. The van der Waals surface area contributed by atoms with Crippen molar-refractivity contribution in [2.75, 3.05) is 58.9 Å². The second-order valence-electron chi connectivity index (χ2n) is 10.5. The van der Waals surface area contributed by atoms with Crippen molar-refractivity contribution in [3.8, 4) is 0 Å². The van der Waals surface area contributed by atoms with Crippen LogP contribution in [0, 0.1) is 10.1 Å². The number of ether oxygens (including phenoxy) is 2. The lowest BCUT2D eigenvalue weighted by atomic mass is 10.2. The van der Waals surface area contributed by atoms with Gasteiger partial charge in [0.1, 0.15) is 19.8 Å². The Morgan fingerprint density at radius 1 is 0.911 bits per heavy atom. The monoisotopic (exact) mass is 851 g/mol. The van der Waals surface area contributed by atoms with Crippen molar-refractivity contribution in [2.45, 2.75) is 52.4 Å². The zero-order valence-electron chi connectivity index (χ0n) is 26.3. The van der Waals surface area contributed by atoms with Gasteiger partial charge in [-0.2, -0.15) is 0 Å². The highest BCUT2D eigenvalue weighted by Gasteiger charge is 2.14. The van der Waals surface area contributed by atoms with Gasteiger partial charge >= 0.3 is 11.9 Å². The lowest BCUT2D eigenvalue weighted by Crippen LogP contribution is -2.38. The summed E-state index contributed by atoms with van der Waals surface area (Å²) in [6.07, 6.45) is 2.26. The maximum atomic E-state index is 12.7. The Hall–Kier alpha value is -2.05. The number of halogens is 2. The normalized spacial score (nSPS) is 12.4. The van der Waals surface area contributed by atoms with E-state index in [9.17, 15) is 19.7 Å². The first kappa shape index (κ1) is 39.1. The number of nitro groups is 1. The minimum atomic E-state index is -0.547. The van der Waals surface area contributed by atoms with Crippen LogP contribution in [0.1, 0.15) is 44.2 Å². The minimum Gasteiger partial charge on any atom is -0.460 e. The number of benzene rings is 2. The number of nitrogens with one attached hydrogen (secondary N) is 1. The average Bonchev–Trinajstić information content (AvgIpc) is 3.04. The first-order chi connectivity index (χ1) is 21.8. The first-order valence-corrected chi connectivity index (χ1v) is 18.5. The second kappa shape index (κ2) is 24.2. The van der Waals surface area contributed by atoms with Gasteiger partial charge in [-0.3, -0.25) is 27.7 Å². The van der Waals surface area contributed by atoms with Crippen LogP contribution in [0.2, 0.25) is 0 Å². The Morgan fingerprint density at radius 2 is 1.51 bits per heavy atom. The Kier molecular flexibility index (Phi) is 21.0. The molecule has 0 spiro atoms. The number of carbonyl (C=O) groups is 2. The van der Waals surface area contributed by atoms with E-state index in [1.807, 2.05) is 63.8 Å². The molecular weight excluding hydrogens is 804 g/mol. The molecule has 250 valence electrons. The summed E-state index contributed by atoms with van der Waals surface area (Å²) in [6.45, 7) is 10.2. The minimum absolute atomic E-state index is 0.217. The van der Waals surface area contributed by atoms with Crippen molar-refractivity contribution in [3.05, 3.63) is 81.9 Å². The van der Waals surface area contributed by atoms with Crippen LogP contribution in [0.5, 0.6) is 0 Å². The zero-order valence-corrected chi connectivity index (χ0v) is 30.6. The second-order valence-corrected chi connectivity index (χ2v) is 14.7. The van der Waals surface area contributed by atoms with E-state index in [-0.39, 0.29) is 64.2 Å². The van der Waals surface area contributed by atoms with Gasteiger partial charge in [0.2, 0.25) is 6.04 Å². The predicted octanol–water partition coefficient (Wildman–Crippen LogP) is 4.86. The fraction of sp³-hybridized carbons (Fsp3) is 0.531. The summed E-state index contributed by atoms with van der Waals surface area (Å²) in [5, 5.41) is 14.4. The molecule has 0 saturated carbocycles. The maximum absolute atomic E-state index is 12.7. The topological polar surface area (TPSA) is 117 Å². The average molecular weight is 852 g/mol. The van der Waals surface area contributed by atoms with Crippen molar-refractivity contribution in [1.82, 2.24) is 16.4 Å². The number of nitrogens with zero attached hydrogens (tertiary/aromatic N) is 4. The van der Waals surface area contributed by atoms with Crippen LogP contribution in [-0.4, -0.2) is 96.9 Å². The van der Waals surface area contributed by atoms with Crippen LogP contribution in [0.3, 0.4) is 0 Å². The lowest BCUT2D eigenvalue weighted by Gasteiger charge is -2.23. The molecule has 1 atom stereocenters. The van der Waals surface area contributed by atoms with Crippen molar-refractivity contribution in [3.63, 3.8) is 0 Å². The van der Waals surface area contributed by atoms with E-state index in [4.69, 9.17) is 9.47 Å². The number of hydrogen-bond acceptors (Lipinski definition) is 10. The van der Waals surface area contributed by atoms with Crippen molar-refractivity contribution < 1.29 is 24.0 Å². The molecule has 11 nitrogen and oxygen atoms in total. The summed E-state index contributed by atoms with van der Waals surface area (Å²) >= 11 is 1.78. The Labute approximate surface area is 291 Å². The summed E-state index contributed by atoms with van der Waals surface area (Å²) in [7, 11) is 0. The van der Waals surface area contributed by atoms with Crippen molar-refractivity contribution >= 4 is 59.8 Å². The van der Waals surface area contributed by atoms with Gasteiger partial charge in [-0.15, -0.1) is 0 Å². The largest absolute Gasteiger partial charge is 0.460 e. The van der Waals surface area contributed by atoms with Gasteiger partial charge in [0.25, 0.3) is 0 Å². The van der Waals surface area contributed by atoms with E-state index in [1.165, 1.54) is 0 Å². The smallest absolute Gasteiger partial charge is 0.321 e. The zero-order chi connectivity index (χ0) is 32.7. The SMILES string of the molecule is CCN(CCCN(CCNCCCN(I)CC(=O)OCc1ccccc1)CC(=O)OCc1ccccc1)I=CCC(C)[N+](=O)[O-]. The maximum Gasteiger partial charge on any atom is 0.321 e. The van der Waals surface area contributed by atoms with Crippen LogP contribution >= 0.6 is 43.9 Å². The van der Waals surface area contributed by atoms with E-state index in [1.54, 1.807) is 6.92 Å². The molecule has 0 aliphatic carbocycles. The Bertz CT molecular complexity index is 1150. The molecule has 0 heterocycles. The molecular formula is C32H47I2N5O6. The molecule has 13 heteroatoms. The third-order valence-electron chi connectivity index (χ3n) is 6.71. The van der Waals surface area contributed by atoms with Crippen LogP contribution in [0.4, 0.5) is 0 Å². The first-order valence-electron chi connectivity index (χ1n) is 15.3. The molecule has 0 radical (unpaired) electrons. The van der Waals surface area contributed by atoms with E-state index >= 15 is 0 Å². The number of hydrogen-bond donors (Lipinski definition) is 1. The third-order valence-corrected chi connectivity index (χ3v) is 10.4. The molecule has 0 aromatic heterocycles. The van der Waals surface area contributed by atoms with Crippen molar-refractivity contribution in [1.29, 1.82) is 0 Å². The van der Waals surface area contributed by atoms with Gasteiger partial charge in [-0.1, -0.05) is 67.6 Å². The van der Waals surface area contributed by atoms with Crippen LogP contribution < -0.4 is 5.32 Å². The molecule has 0 aliphatic heterocycles. The number of esters is 2.